The highest BCUT2D eigenvalue weighted by Gasteiger charge is 2.15. The van der Waals surface area contributed by atoms with Gasteiger partial charge in [0.1, 0.15) is 0 Å². The minimum atomic E-state index is -0.450. The molecule has 1 aromatic rings. The van der Waals surface area contributed by atoms with Crippen LogP contribution in [0.2, 0.25) is 0 Å². The molecule has 104 valence electrons. The van der Waals surface area contributed by atoms with E-state index in [4.69, 9.17) is 5.73 Å². The molecular formula is C13H19N3O3. The molecule has 6 heteroatoms. The summed E-state index contributed by atoms with van der Waals surface area (Å²) >= 11 is 0. The van der Waals surface area contributed by atoms with E-state index in [1.54, 1.807) is 12.1 Å². The Labute approximate surface area is 112 Å². The molecule has 1 unspecified atom stereocenters. The molecule has 6 nitrogen and oxygen atoms in total. The lowest BCUT2D eigenvalue weighted by molar-refractivity contribution is -0.384. The number of nitrogens with zero attached hydrogens (tertiary/aromatic N) is 1. The lowest BCUT2D eigenvalue weighted by Gasteiger charge is -2.13. The number of hydrogen-bond acceptors (Lipinski definition) is 4. The van der Waals surface area contributed by atoms with Crippen molar-refractivity contribution in [1.29, 1.82) is 0 Å². The predicted octanol–water partition coefficient (Wildman–Crippen LogP) is 1.59. The van der Waals surface area contributed by atoms with E-state index in [1.807, 2.05) is 6.92 Å². The first-order valence-corrected chi connectivity index (χ1v) is 6.29. The number of amides is 1. The maximum atomic E-state index is 11.8. The fourth-order valence-electron chi connectivity index (χ4n) is 1.77. The second-order valence-corrected chi connectivity index (χ2v) is 4.36. The molecule has 0 radical (unpaired) electrons. The maximum absolute atomic E-state index is 11.8. The number of hydrogen-bond donors (Lipinski definition) is 2. The van der Waals surface area contributed by atoms with E-state index in [2.05, 4.69) is 5.32 Å². The lowest BCUT2D eigenvalue weighted by atomic mass is 10.0. The smallest absolute Gasteiger partial charge is 0.269 e. The SMILES string of the molecule is CCCC(CN)C(=O)NCc1ccc([N+](=O)[O-])cc1. The molecule has 0 aromatic heterocycles. The van der Waals surface area contributed by atoms with Crippen LogP contribution in [0.15, 0.2) is 24.3 Å². The Morgan fingerprint density at radius 2 is 2.05 bits per heavy atom. The molecule has 0 fully saturated rings. The summed E-state index contributed by atoms with van der Waals surface area (Å²) < 4.78 is 0. The standard InChI is InChI=1S/C13H19N3O3/c1-2-3-11(8-14)13(17)15-9-10-4-6-12(7-5-10)16(18)19/h4-7,11H,2-3,8-9,14H2,1H3,(H,15,17). The van der Waals surface area contributed by atoms with E-state index in [9.17, 15) is 14.9 Å². The molecule has 1 atom stereocenters. The Morgan fingerprint density at radius 1 is 1.42 bits per heavy atom. The molecular weight excluding hydrogens is 246 g/mol. The number of nitro benzene ring substituents is 1. The van der Waals surface area contributed by atoms with Crippen LogP contribution in [-0.4, -0.2) is 17.4 Å². The van der Waals surface area contributed by atoms with Crippen molar-refractivity contribution in [3.05, 3.63) is 39.9 Å². The summed E-state index contributed by atoms with van der Waals surface area (Å²) in [5.41, 5.74) is 6.41. The highest BCUT2D eigenvalue weighted by atomic mass is 16.6. The zero-order valence-electron chi connectivity index (χ0n) is 11.0. The number of non-ortho nitro benzene ring substituents is 1. The van der Waals surface area contributed by atoms with Crippen molar-refractivity contribution >= 4 is 11.6 Å². The molecule has 0 aliphatic rings. The van der Waals surface area contributed by atoms with Crippen LogP contribution in [0.5, 0.6) is 0 Å². The van der Waals surface area contributed by atoms with E-state index < -0.39 is 4.92 Å². The van der Waals surface area contributed by atoms with E-state index in [0.29, 0.717) is 13.1 Å². The molecule has 0 spiro atoms. The van der Waals surface area contributed by atoms with Crippen LogP contribution < -0.4 is 11.1 Å². The van der Waals surface area contributed by atoms with Gasteiger partial charge in [0.2, 0.25) is 5.91 Å². The molecule has 0 saturated carbocycles. The molecule has 1 amide bonds. The zero-order valence-corrected chi connectivity index (χ0v) is 11.0. The molecule has 0 aliphatic carbocycles. The Kier molecular flexibility index (Phi) is 5.95. The highest BCUT2D eigenvalue weighted by Crippen LogP contribution is 2.12. The normalized spacial score (nSPS) is 11.9. The molecule has 1 aromatic carbocycles. The summed E-state index contributed by atoms with van der Waals surface area (Å²) in [5, 5.41) is 13.3. The highest BCUT2D eigenvalue weighted by molar-refractivity contribution is 5.78. The Bertz CT molecular complexity index is 431. The third-order valence-electron chi connectivity index (χ3n) is 2.91. The molecule has 0 bridgehead atoms. The number of rotatable bonds is 7. The van der Waals surface area contributed by atoms with Crippen LogP contribution in [0.4, 0.5) is 5.69 Å². The van der Waals surface area contributed by atoms with Gasteiger partial charge in [-0.05, 0) is 12.0 Å². The Hall–Kier alpha value is -1.95. The monoisotopic (exact) mass is 265 g/mol. The largest absolute Gasteiger partial charge is 0.352 e. The number of benzene rings is 1. The van der Waals surface area contributed by atoms with E-state index in [-0.39, 0.29) is 17.5 Å². The molecule has 3 N–H and O–H groups in total. The summed E-state index contributed by atoms with van der Waals surface area (Å²) in [6.07, 6.45) is 1.68. The van der Waals surface area contributed by atoms with Crippen LogP contribution >= 0.6 is 0 Å². The van der Waals surface area contributed by atoms with Crippen molar-refractivity contribution in [2.24, 2.45) is 11.7 Å². The van der Waals surface area contributed by atoms with Gasteiger partial charge >= 0.3 is 0 Å². The first kappa shape index (κ1) is 15.1. The minimum absolute atomic E-state index is 0.0425. The second-order valence-electron chi connectivity index (χ2n) is 4.36. The van der Waals surface area contributed by atoms with Gasteiger partial charge < -0.3 is 11.1 Å². The second kappa shape index (κ2) is 7.48. The van der Waals surface area contributed by atoms with Gasteiger partial charge in [0, 0.05) is 25.2 Å². The third kappa shape index (κ3) is 4.67. The predicted molar refractivity (Wildman–Crippen MR) is 72.4 cm³/mol. The first-order chi connectivity index (χ1) is 9.08. The number of nitrogens with two attached hydrogens (primary N) is 1. The van der Waals surface area contributed by atoms with Crippen LogP contribution in [0.3, 0.4) is 0 Å². The zero-order chi connectivity index (χ0) is 14.3. The average Bonchev–Trinajstić information content (AvgIpc) is 2.42. The van der Waals surface area contributed by atoms with Gasteiger partial charge in [0.15, 0.2) is 0 Å². The summed E-state index contributed by atoms with van der Waals surface area (Å²) in [6, 6.07) is 6.12. The molecule has 0 aliphatic heterocycles. The number of carbonyl (C=O) groups excluding carboxylic acids is 1. The molecule has 19 heavy (non-hydrogen) atoms. The van der Waals surface area contributed by atoms with E-state index >= 15 is 0 Å². The van der Waals surface area contributed by atoms with Crippen LogP contribution in [-0.2, 0) is 11.3 Å². The van der Waals surface area contributed by atoms with Gasteiger partial charge in [0.05, 0.1) is 10.8 Å². The fourth-order valence-corrected chi connectivity index (χ4v) is 1.77. The topological polar surface area (TPSA) is 98.3 Å². The van der Waals surface area contributed by atoms with Crippen molar-refractivity contribution in [3.8, 4) is 0 Å². The number of nitro groups is 1. The lowest BCUT2D eigenvalue weighted by Crippen LogP contribution is -2.34. The van der Waals surface area contributed by atoms with Gasteiger partial charge in [-0.3, -0.25) is 14.9 Å². The van der Waals surface area contributed by atoms with Crippen LogP contribution in [0.1, 0.15) is 25.3 Å². The molecule has 1 rings (SSSR count). The van der Waals surface area contributed by atoms with E-state index in [1.165, 1.54) is 12.1 Å². The quantitative estimate of drug-likeness (QED) is 0.577. The Morgan fingerprint density at radius 3 is 2.53 bits per heavy atom. The number of carbonyl (C=O) groups is 1. The summed E-state index contributed by atoms with van der Waals surface area (Å²) in [4.78, 5) is 21.9. The molecule has 0 saturated heterocycles. The van der Waals surface area contributed by atoms with Crippen molar-refractivity contribution in [2.45, 2.75) is 26.3 Å². The Balaban J connectivity index is 2.52. The summed E-state index contributed by atoms with van der Waals surface area (Å²) in [6.45, 7) is 2.70. The summed E-state index contributed by atoms with van der Waals surface area (Å²) in [5.74, 6) is -0.231. The van der Waals surface area contributed by atoms with Crippen molar-refractivity contribution < 1.29 is 9.72 Å². The summed E-state index contributed by atoms with van der Waals surface area (Å²) in [7, 11) is 0. The van der Waals surface area contributed by atoms with E-state index in [0.717, 1.165) is 18.4 Å². The van der Waals surface area contributed by atoms with Crippen molar-refractivity contribution in [3.63, 3.8) is 0 Å². The van der Waals surface area contributed by atoms with Crippen LogP contribution in [0.25, 0.3) is 0 Å². The first-order valence-electron chi connectivity index (χ1n) is 6.29. The minimum Gasteiger partial charge on any atom is -0.352 e. The maximum Gasteiger partial charge on any atom is 0.269 e. The van der Waals surface area contributed by atoms with Gasteiger partial charge in [-0.1, -0.05) is 25.5 Å². The van der Waals surface area contributed by atoms with Gasteiger partial charge in [0.25, 0.3) is 5.69 Å². The van der Waals surface area contributed by atoms with Crippen LogP contribution in [0, 0.1) is 16.0 Å². The third-order valence-corrected chi connectivity index (χ3v) is 2.91. The van der Waals surface area contributed by atoms with Crippen molar-refractivity contribution in [1.82, 2.24) is 5.32 Å². The fraction of sp³-hybridized carbons (Fsp3) is 0.462. The van der Waals surface area contributed by atoms with Gasteiger partial charge in [-0.15, -0.1) is 0 Å². The molecule has 0 heterocycles. The van der Waals surface area contributed by atoms with Gasteiger partial charge in [-0.2, -0.15) is 0 Å². The number of nitrogens with one attached hydrogen (secondary N) is 1. The average molecular weight is 265 g/mol. The van der Waals surface area contributed by atoms with Crippen molar-refractivity contribution in [2.75, 3.05) is 6.54 Å². The van der Waals surface area contributed by atoms with Gasteiger partial charge in [-0.25, -0.2) is 0 Å².